The number of benzene rings is 2. The molecule has 2 aromatic rings. The van der Waals surface area contributed by atoms with Gasteiger partial charge in [-0.25, -0.2) is 0 Å². The normalized spacial score (nSPS) is 10.8. The highest BCUT2D eigenvalue weighted by Gasteiger charge is 2.03. The van der Waals surface area contributed by atoms with Crippen molar-refractivity contribution >= 4 is 11.9 Å². The van der Waals surface area contributed by atoms with Gasteiger partial charge in [0.15, 0.2) is 0 Å². The van der Waals surface area contributed by atoms with Gasteiger partial charge < -0.3 is 9.47 Å². The van der Waals surface area contributed by atoms with Gasteiger partial charge in [-0.05, 0) is 37.6 Å². The van der Waals surface area contributed by atoms with Crippen molar-refractivity contribution in [3.05, 3.63) is 53.1 Å². The molecule has 0 radical (unpaired) electrons. The van der Waals surface area contributed by atoms with Gasteiger partial charge in [-0.1, -0.05) is 17.7 Å². The molecular weight excluding hydrogens is 250 g/mol. The lowest BCUT2D eigenvalue weighted by molar-refractivity contribution is 0.394. The molecule has 20 heavy (non-hydrogen) atoms. The van der Waals surface area contributed by atoms with Crippen LogP contribution in [0.4, 0.5) is 5.69 Å². The smallest absolute Gasteiger partial charge is 0.131 e. The van der Waals surface area contributed by atoms with E-state index in [0.717, 1.165) is 28.3 Å². The Hall–Kier alpha value is -2.29. The molecular formula is C17H19NO2. The van der Waals surface area contributed by atoms with Crippen molar-refractivity contribution in [3.8, 4) is 11.5 Å². The maximum Gasteiger partial charge on any atom is 0.131 e. The van der Waals surface area contributed by atoms with E-state index in [4.69, 9.17) is 9.47 Å². The first-order chi connectivity index (χ1) is 9.63. The zero-order valence-corrected chi connectivity index (χ0v) is 12.3. The molecule has 0 bridgehead atoms. The molecule has 0 heterocycles. The largest absolute Gasteiger partial charge is 0.497 e. The van der Waals surface area contributed by atoms with Crippen LogP contribution in [0.1, 0.15) is 16.7 Å². The topological polar surface area (TPSA) is 30.8 Å². The molecule has 0 amide bonds. The Kier molecular flexibility index (Phi) is 4.41. The van der Waals surface area contributed by atoms with Crippen molar-refractivity contribution in [2.24, 2.45) is 4.99 Å². The summed E-state index contributed by atoms with van der Waals surface area (Å²) >= 11 is 0. The van der Waals surface area contributed by atoms with E-state index >= 15 is 0 Å². The summed E-state index contributed by atoms with van der Waals surface area (Å²) in [7, 11) is 3.28. The molecule has 2 aromatic carbocycles. The highest BCUT2D eigenvalue weighted by molar-refractivity contribution is 5.86. The summed E-state index contributed by atoms with van der Waals surface area (Å²) in [6, 6.07) is 11.9. The molecule has 3 nitrogen and oxygen atoms in total. The van der Waals surface area contributed by atoms with Gasteiger partial charge in [0.25, 0.3) is 0 Å². The van der Waals surface area contributed by atoms with Crippen LogP contribution in [0.15, 0.2) is 41.4 Å². The minimum absolute atomic E-state index is 0.748. The van der Waals surface area contributed by atoms with Gasteiger partial charge in [-0.15, -0.1) is 0 Å². The molecule has 0 aliphatic carbocycles. The van der Waals surface area contributed by atoms with E-state index in [9.17, 15) is 0 Å². The fourth-order valence-electron chi connectivity index (χ4n) is 2.01. The molecule has 0 saturated carbocycles. The Morgan fingerprint density at radius 2 is 1.75 bits per heavy atom. The third-order valence-corrected chi connectivity index (χ3v) is 3.14. The van der Waals surface area contributed by atoms with Crippen molar-refractivity contribution in [2.75, 3.05) is 14.2 Å². The van der Waals surface area contributed by atoms with E-state index in [1.54, 1.807) is 14.2 Å². The van der Waals surface area contributed by atoms with Crippen molar-refractivity contribution in [1.82, 2.24) is 0 Å². The quantitative estimate of drug-likeness (QED) is 0.783. The average Bonchev–Trinajstić information content (AvgIpc) is 2.46. The molecule has 0 saturated heterocycles. The van der Waals surface area contributed by atoms with Gasteiger partial charge in [0, 0.05) is 17.8 Å². The van der Waals surface area contributed by atoms with Gasteiger partial charge in [0.05, 0.1) is 19.9 Å². The molecule has 0 fully saturated rings. The Morgan fingerprint density at radius 1 is 0.950 bits per heavy atom. The summed E-state index contributed by atoms with van der Waals surface area (Å²) in [6.45, 7) is 4.14. The number of aliphatic imine (C=N–C) groups is 1. The SMILES string of the molecule is COc1ccc(C=Nc2ccc(C)cc2C)c(OC)c1. The number of hydrogen-bond acceptors (Lipinski definition) is 3. The van der Waals surface area contributed by atoms with Crippen LogP contribution in [0, 0.1) is 13.8 Å². The second-order valence-corrected chi connectivity index (χ2v) is 4.66. The van der Waals surface area contributed by atoms with Crippen LogP contribution >= 0.6 is 0 Å². The van der Waals surface area contributed by atoms with E-state index in [2.05, 4.69) is 31.0 Å². The van der Waals surface area contributed by atoms with Crippen molar-refractivity contribution in [1.29, 1.82) is 0 Å². The van der Waals surface area contributed by atoms with E-state index in [-0.39, 0.29) is 0 Å². The predicted molar refractivity (Wildman–Crippen MR) is 82.7 cm³/mol. The minimum atomic E-state index is 0.748. The lowest BCUT2D eigenvalue weighted by atomic mass is 10.1. The van der Waals surface area contributed by atoms with Crippen LogP contribution in [0.2, 0.25) is 0 Å². The number of rotatable bonds is 4. The molecule has 0 aliphatic rings. The van der Waals surface area contributed by atoms with Gasteiger partial charge >= 0.3 is 0 Å². The molecule has 0 aliphatic heterocycles. The highest BCUT2D eigenvalue weighted by Crippen LogP contribution is 2.25. The van der Waals surface area contributed by atoms with Gasteiger partial charge in [-0.3, -0.25) is 4.99 Å². The molecule has 0 unspecified atom stereocenters. The predicted octanol–water partition coefficient (Wildman–Crippen LogP) is 4.07. The van der Waals surface area contributed by atoms with Crippen molar-refractivity contribution < 1.29 is 9.47 Å². The van der Waals surface area contributed by atoms with Gasteiger partial charge in [0.1, 0.15) is 11.5 Å². The Labute approximate surface area is 119 Å². The van der Waals surface area contributed by atoms with Crippen LogP contribution in [0.5, 0.6) is 11.5 Å². The molecule has 0 atom stereocenters. The average molecular weight is 269 g/mol. The third kappa shape index (κ3) is 3.18. The Balaban J connectivity index is 2.31. The Bertz CT molecular complexity index is 633. The number of hydrogen-bond donors (Lipinski definition) is 0. The monoisotopic (exact) mass is 269 g/mol. The third-order valence-electron chi connectivity index (χ3n) is 3.14. The lowest BCUT2D eigenvalue weighted by Crippen LogP contribution is -1.92. The van der Waals surface area contributed by atoms with Crippen molar-refractivity contribution in [2.45, 2.75) is 13.8 Å². The fourth-order valence-corrected chi connectivity index (χ4v) is 2.01. The van der Waals surface area contributed by atoms with E-state index in [1.165, 1.54) is 5.56 Å². The van der Waals surface area contributed by atoms with Gasteiger partial charge in [-0.2, -0.15) is 0 Å². The summed E-state index contributed by atoms with van der Waals surface area (Å²) in [5.74, 6) is 1.52. The number of nitrogens with zero attached hydrogens (tertiary/aromatic N) is 1. The molecule has 0 spiro atoms. The zero-order valence-electron chi connectivity index (χ0n) is 12.3. The second-order valence-electron chi connectivity index (χ2n) is 4.66. The lowest BCUT2D eigenvalue weighted by Gasteiger charge is -2.07. The molecule has 0 N–H and O–H groups in total. The van der Waals surface area contributed by atoms with Crippen molar-refractivity contribution in [3.63, 3.8) is 0 Å². The summed E-state index contributed by atoms with van der Waals surface area (Å²) in [5.41, 5.74) is 4.29. The van der Waals surface area contributed by atoms with E-state index < -0.39 is 0 Å². The molecule has 2 rings (SSSR count). The summed E-state index contributed by atoms with van der Waals surface area (Å²) < 4.78 is 10.5. The first-order valence-corrected chi connectivity index (χ1v) is 6.47. The first kappa shape index (κ1) is 14.1. The van der Waals surface area contributed by atoms with Crippen LogP contribution in [-0.4, -0.2) is 20.4 Å². The van der Waals surface area contributed by atoms with Crippen LogP contribution in [0.25, 0.3) is 0 Å². The molecule has 0 aromatic heterocycles. The van der Waals surface area contributed by atoms with Crippen LogP contribution in [0.3, 0.4) is 0 Å². The number of aryl methyl sites for hydroxylation is 2. The van der Waals surface area contributed by atoms with E-state index in [1.807, 2.05) is 30.5 Å². The maximum atomic E-state index is 5.35. The minimum Gasteiger partial charge on any atom is -0.497 e. The van der Waals surface area contributed by atoms with Gasteiger partial charge in [0.2, 0.25) is 0 Å². The highest BCUT2D eigenvalue weighted by atomic mass is 16.5. The summed E-state index contributed by atoms with van der Waals surface area (Å²) in [4.78, 5) is 4.54. The second kappa shape index (κ2) is 6.24. The maximum absolute atomic E-state index is 5.35. The molecule has 104 valence electrons. The van der Waals surface area contributed by atoms with E-state index in [0.29, 0.717) is 0 Å². The zero-order chi connectivity index (χ0) is 14.5. The fraction of sp³-hybridized carbons (Fsp3) is 0.235. The standard InChI is InChI=1S/C17H19NO2/c1-12-5-8-16(13(2)9-12)18-11-14-6-7-15(19-3)10-17(14)20-4/h5-11H,1-4H3. The summed E-state index contributed by atoms with van der Waals surface area (Å²) in [5, 5.41) is 0. The van der Waals surface area contributed by atoms with Crippen LogP contribution < -0.4 is 9.47 Å². The van der Waals surface area contributed by atoms with Crippen LogP contribution in [-0.2, 0) is 0 Å². The number of methoxy groups -OCH3 is 2. The summed E-state index contributed by atoms with van der Waals surface area (Å²) in [6.07, 6.45) is 1.82. The molecule has 3 heteroatoms. The Morgan fingerprint density at radius 3 is 2.40 bits per heavy atom. The number of ether oxygens (including phenoxy) is 2. The first-order valence-electron chi connectivity index (χ1n) is 6.47.